The van der Waals surface area contributed by atoms with Gasteiger partial charge in [0, 0.05) is 40.8 Å². The third-order valence-corrected chi connectivity index (χ3v) is 3.75. The monoisotopic (exact) mass is 205 g/mol. The Bertz CT molecular complexity index is 192. The first-order valence-corrected chi connectivity index (χ1v) is 6.26. The summed E-state index contributed by atoms with van der Waals surface area (Å²) in [6.45, 7) is 7.71. The Morgan fingerprint density at radius 2 is 2.23 bits per heavy atom. The van der Waals surface area contributed by atoms with Crippen molar-refractivity contribution >= 4 is 10.8 Å². The van der Waals surface area contributed by atoms with Gasteiger partial charge in [0.2, 0.25) is 0 Å². The van der Waals surface area contributed by atoms with Gasteiger partial charge in [-0.05, 0) is 6.92 Å². The largest absolute Gasteiger partial charge is 0.380 e. The molecule has 13 heavy (non-hydrogen) atoms. The van der Waals surface area contributed by atoms with Gasteiger partial charge in [-0.2, -0.15) is 0 Å². The van der Waals surface area contributed by atoms with Gasteiger partial charge in [0.05, 0.1) is 13.2 Å². The summed E-state index contributed by atoms with van der Waals surface area (Å²) in [6, 6.07) is 0. The molecule has 2 unspecified atom stereocenters. The molecule has 78 valence electrons. The van der Waals surface area contributed by atoms with E-state index in [2.05, 4.69) is 12.2 Å². The smallest absolute Gasteiger partial charge is 0.0554 e. The van der Waals surface area contributed by atoms with Crippen LogP contribution in [-0.4, -0.2) is 42.0 Å². The van der Waals surface area contributed by atoms with Gasteiger partial charge in [-0.25, -0.2) is 0 Å². The molecule has 0 aromatic heterocycles. The second-order valence-corrected chi connectivity index (χ2v) is 6.05. The molecule has 1 rings (SSSR count). The van der Waals surface area contributed by atoms with E-state index in [1.807, 2.05) is 6.92 Å². The van der Waals surface area contributed by atoms with Gasteiger partial charge < -0.3 is 10.1 Å². The zero-order valence-corrected chi connectivity index (χ0v) is 9.45. The normalized spacial score (nSPS) is 24.8. The number of nitrogens with one attached hydrogen (secondary N) is 1. The minimum Gasteiger partial charge on any atom is -0.380 e. The van der Waals surface area contributed by atoms with Gasteiger partial charge in [-0.15, -0.1) is 0 Å². The summed E-state index contributed by atoms with van der Waals surface area (Å²) in [5, 5.41) is 3.58. The van der Waals surface area contributed by atoms with Gasteiger partial charge >= 0.3 is 0 Å². The van der Waals surface area contributed by atoms with Crippen molar-refractivity contribution in [3.8, 4) is 0 Å². The third-order valence-electron chi connectivity index (χ3n) is 2.45. The van der Waals surface area contributed by atoms with Crippen molar-refractivity contribution in [2.45, 2.75) is 19.1 Å². The molecule has 0 saturated carbocycles. The summed E-state index contributed by atoms with van der Waals surface area (Å²) in [5.74, 6) is 0. The van der Waals surface area contributed by atoms with Crippen molar-refractivity contribution in [1.29, 1.82) is 0 Å². The maximum absolute atomic E-state index is 11.0. The number of rotatable bonds is 5. The van der Waals surface area contributed by atoms with Crippen LogP contribution in [0.2, 0.25) is 0 Å². The molecule has 0 bridgehead atoms. The summed E-state index contributed by atoms with van der Waals surface area (Å²) in [7, 11) is -0.716. The minimum absolute atomic E-state index is 0.240. The van der Waals surface area contributed by atoms with E-state index in [1.54, 1.807) is 6.26 Å². The molecule has 1 aliphatic heterocycles. The topological polar surface area (TPSA) is 38.3 Å². The molecular weight excluding hydrogens is 186 g/mol. The van der Waals surface area contributed by atoms with Crippen molar-refractivity contribution in [1.82, 2.24) is 5.32 Å². The molecule has 0 aromatic carbocycles. The molecule has 1 fully saturated rings. The van der Waals surface area contributed by atoms with Crippen LogP contribution in [0.3, 0.4) is 0 Å². The standard InChI is InChI=1S/C9H19NO2S/c1-8(13(3)11)4-10-5-9(2)6-12-7-9/h8,10H,4-7H2,1-3H3. The highest BCUT2D eigenvalue weighted by Gasteiger charge is 2.32. The van der Waals surface area contributed by atoms with Crippen LogP contribution in [0.1, 0.15) is 13.8 Å². The van der Waals surface area contributed by atoms with Crippen molar-refractivity contribution in [3.63, 3.8) is 0 Å². The Morgan fingerprint density at radius 1 is 1.62 bits per heavy atom. The van der Waals surface area contributed by atoms with Gasteiger partial charge in [0.15, 0.2) is 0 Å². The summed E-state index contributed by atoms with van der Waals surface area (Å²) in [6.07, 6.45) is 1.75. The van der Waals surface area contributed by atoms with E-state index < -0.39 is 10.8 Å². The van der Waals surface area contributed by atoms with E-state index >= 15 is 0 Å². The highest BCUT2D eigenvalue weighted by atomic mass is 32.2. The van der Waals surface area contributed by atoms with E-state index in [0.717, 1.165) is 26.3 Å². The molecule has 1 saturated heterocycles. The van der Waals surface area contributed by atoms with E-state index in [-0.39, 0.29) is 5.25 Å². The number of hydrogen-bond donors (Lipinski definition) is 1. The molecule has 1 aliphatic rings. The summed E-state index contributed by atoms with van der Waals surface area (Å²) in [4.78, 5) is 0. The molecule has 1 heterocycles. The van der Waals surface area contributed by atoms with Crippen LogP contribution in [-0.2, 0) is 15.5 Å². The highest BCUT2D eigenvalue weighted by Crippen LogP contribution is 2.24. The lowest BCUT2D eigenvalue weighted by molar-refractivity contribution is -0.0988. The Hall–Kier alpha value is 0.0700. The van der Waals surface area contributed by atoms with Crippen LogP contribution >= 0.6 is 0 Å². The van der Waals surface area contributed by atoms with Crippen molar-refractivity contribution in [3.05, 3.63) is 0 Å². The van der Waals surface area contributed by atoms with Crippen molar-refractivity contribution < 1.29 is 8.95 Å². The average molecular weight is 205 g/mol. The van der Waals surface area contributed by atoms with Gasteiger partial charge in [0.1, 0.15) is 0 Å². The van der Waals surface area contributed by atoms with Gasteiger partial charge in [-0.3, -0.25) is 4.21 Å². The lowest BCUT2D eigenvalue weighted by atomic mass is 9.89. The van der Waals surface area contributed by atoms with Crippen LogP contribution < -0.4 is 5.32 Å². The first-order chi connectivity index (χ1) is 6.03. The fourth-order valence-electron chi connectivity index (χ4n) is 1.25. The summed E-state index contributed by atoms with van der Waals surface area (Å²) >= 11 is 0. The van der Waals surface area contributed by atoms with Crippen LogP contribution in [0, 0.1) is 5.41 Å². The van der Waals surface area contributed by atoms with Crippen LogP contribution in [0.15, 0.2) is 0 Å². The van der Waals surface area contributed by atoms with E-state index in [0.29, 0.717) is 5.41 Å². The molecule has 4 heteroatoms. The second kappa shape index (κ2) is 4.53. The quantitative estimate of drug-likeness (QED) is 0.705. The Morgan fingerprint density at radius 3 is 2.62 bits per heavy atom. The van der Waals surface area contributed by atoms with Gasteiger partial charge in [0.25, 0.3) is 0 Å². The fourth-order valence-corrected chi connectivity index (χ4v) is 1.60. The molecule has 3 nitrogen and oxygen atoms in total. The Kier molecular flexibility index (Phi) is 3.88. The SMILES string of the molecule is CC(CNCC1(C)COC1)S(C)=O. The lowest BCUT2D eigenvalue weighted by Crippen LogP contribution is -2.48. The van der Waals surface area contributed by atoms with E-state index in [4.69, 9.17) is 4.74 Å². The molecule has 0 radical (unpaired) electrons. The molecular formula is C9H19NO2S. The fraction of sp³-hybridized carbons (Fsp3) is 1.00. The van der Waals surface area contributed by atoms with Gasteiger partial charge in [-0.1, -0.05) is 6.92 Å². The maximum Gasteiger partial charge on any atom is 0.0554 e. The molecule has 0 aromatic rings. The zero-order chi connectivity index (χ0) is 9.90. The Balaban J connectivity index is 2.10. The third kappa shape index (κ3) is 3.37. The van der Waals surface area contributed by atoms with Crippen LogP contribution in [0.5, 0.6) is 0 Å². The van der Waals surface area contributed by atoms with Crippen molar-refractivity contribution in [2.24, 2.45) is 5.41 Å². The first-order valence-electron chi connectivity index (χ1n) is 4.64. The van der Waals surface area contributed by atoms with E-state index in [1.165, 1.54) is 0 Å². The van der Waals surface area contributed by atoms with E-state index in [9.17, 15) is 4.21 Å². The number of ether oxygens (including phenoxy) is 1. The molecule has 1 N–H and O–H groups in total. The van der Waals surface area contributed by atoms with Crippen molar-refractivity contribution in [2.75, 3.05) is 32.6 Å². The second-order valence-electron chi connectivity index (χ2n) is 4.24. The molecule has 2 atom stereocenters. The minimum atomic E-state index is -0.716. The molecule has 0 spiro atoms. The number of hydrogen-bond acceptors (Lipinski definition) is 3. The average Bonchev–Trinajstić information content (AvgIpc) is 2.01. The molecule has 0 aliphatic carbocycles. The molecule has 0 amide bonds. The predicted octanol–water partition coefficient (Wildman–Crippen LogP) is 0.379. The summed E-state index contributed by atoms with van der Waals surface area (Å²) < 4.78 is 16.2. The summed E-state index contributed by atoms with van der Waals surface area (Å²) in [5.41, 5.74) is 0.314. The lowest BCUT2D eigenvalue weighted by Gasteiger charge is -2.38. The predicted molar refractivity (Wildman–Crippen MR) is 55.3 cm³/mol. The van der Waals surface area contributed by atoms with Crippen LogP contribution in [0.25, 0.3) is 0 Å². The highest BCUT2D eigenvalue weighted by molar-refractivity contribution is 7.84. The first kappa shape index (κ1) is 11.1. The van der Waals surface area contributed by atoms with Crippen LogP contribution in [0.4, 0.5) is 0 Å². The maximum atomic E-state index is 11.0. The zero-order valence-electron chi connectivity index (χ0n) is 8.63. The Labute approximate surface area is 82.7 Å².